The molecule has 0 radical (unpaired) electrons. The Kier molecular flexibility index (Phi) is 3.10. The molecule has 5 heteroatoms. The monoisotopic (exact) mass is 214 g/mol. The van der Waals surface area contributed by atoms with Crippen LogP contribution in [0.5, 0.6) is 0 Å². The second-order valence-corrected chi connectivity index (χ2v) is 4.67. The molecule has 0 aliphatic carbocycles. The number of hydrogen-bond acceptors (Lipinski definition) is 3. The van der Waals surface area contributed by atoms with E-state index in [1.165, 1.54) is 0 Å². The smallest absolute Gasteiger partial charge is 0.271 e. The van der Waals surface area contributed by atoms with Crippen molar-refractivity contribution in [1.29, 1.82) is 0 Å². The fourth-order valence-corrected chi connectivity index (χ4v) is 1.98. The number of nitrogens with zero attached hydrogens (tertiary/aromatic N) is 1. The Labute approximate surface area is 85.4 Å². The molecule has 78 valence electrons. The number of anilines is 1. The van der Waals surface area contributed by atoms with E-state index in [0.29, 0.717) is 16.3 Å². The minimum atomic E-state index is -1.07. The van der Waals surface area contributed by atoms with Gasteiger partial charge in [-0.25, -0.2) is 0 Å². The second kappa shape index (κ2) is 3.96. The zero-order valence-corrected chi connectivity index (χ0v) is 9.57. The minimum absolute atomic E-state index is 0.151. The van der Waals surface area contributed by atoms with E-state index >= 15 is 0 Å². The lowest BCUT2D eigenvalue weighted by Gasteiger charge is -2.13. The van der Waals surface area contributed by atoms with Crippen molar-refractivity contribution < 1.29 is 4.21 Å². The van der Waals surface area contributed by atoms with Crippen LogP contribution in [0.15, 0.2) is 15.8 Å². The Balaban J connectivity index is 3.42. The van der Waals surface area contributed by atoms with E-state index in [1.54, 1.807) is 38.2 Å². The molecular formula is C9H14N2O2S. The van der Waals surface area contributed by atoms with Gasteiger partial charge in [0.2, 0.25) is 0 Å². The second-order valence-electron chi connectivity index (χ2n) is 3.32. The van der Waals surface area contributed by atoms with E-state index in [1.807, 2.05) is 0 Å². The van der Waals surface area contributed by atoms with Crippen LogP contribution in [-0.2, 0) is 10.8 Å². The van der Waals surface area contributed by atoms with Crippen LogP contribution in [0, 0.1) is 6.92 Å². The van der Waals surface area contributed by atoms with Crippen molar-refractivity contribution in [3.05, 3.63) is 22.1 Å². The summed E-state index contributed by atoms with van der Waals surface area (Å²) in [5.74, 6) is 0. The standard InChI is InChI=1S/C9H14N2O2S/c1-6-8(14(4)13)5-7(11(2)3)9(12)10-6/h5H,1-4H3,(H,10,12). The fraction of sp³-hybridized carbons (Fsp3) is 0.444. The van der Waals surface area contributed by atoms with Gasteiger partial charge in [0.25, 0.3) is 5.56 Å². The molecule has 14 heavy (non-hydrogen) atoms. The topological polar surface area (TPSA) is 53.2 Å². The van der Waals surface area contributed by atoms with E-state index in [9.17, 15) is 9.00 Å². The largest absolute Gasteiger partial charge is 0.373 e. The summed E-state index contributed by atoms with van der Waals surface area (Å²) in [6, 6.07) is 1.67. The summed E-state index contributed by atoms with van der Waals surface area (Å²) in [6.07, 6.45) is 1.60. The average molecular weight is 214 g/mol. The summed E-state index contributed by atoms with van der Waals surface area (Å²) in [5, 5.41) is 0. The zero-order chi connectivity index (χ0) is 10.9. The summed E-state index contributed by atoms with van der Waals surface area (Å²) in [5.41, 5.74) is 1.05. The molecule has 1 unspecified atom stereocenters. The molecule has 0 fully saturated rings. The summed E-state index contributed by atoms with van der Waals surface area (Å²) in [4.78, 5) is 16.5. The molecular weight excluding hydrogens is 200 g/mol. The van der Waals surface area contributed by atoms with E-state index in [4.69, 9.17) is 0 Å². The molecule has 1 atom stereocenters. The van der Waals surface area contributed by atoms with Gasteiger partial charge >= 0.3 is 0 Å². The molecule has 0 spiro atoms. The first-order valence-corrected chi connectivity index (χ1v) is 5.74. The van der Waals surface area contributed by atoms with E-state index in [0.717, 1.165) is 0 Å². The summed E-state index contributed by atoms with van der Waals surface area (Å²) in [6.45, 7) is 1.75. The Morgan fingerprint density at radius 3 is 2.43 bits per heavy atom. The predicted octanol–water partition coefficient (Wildman–Crippen LogP) is 0.487. The van der Waals surface area contributed by atoms with Crippen LogP contribution in [0.1, 0.15) is 5.69 Å². The minimum Gasteiger partial charge on any atom is -0.373 e. The number of H-pyrrole nitrogens is 1. The lowest BCUT2D eigenvalue weighted by Crippen LogP contribution is -2.22. The third-order valence-corrected chi connectivity index (χ3v) is 3.01. The molecule has 1 heterocycles. The van der Waals surface area contributed by atoms with Crippen LogP contribution in [0.3, 0.4) is 0 Å². The van der Waals surface area contributed by atoms with Crippen molar-refractivity contribution in [1.82, 2.24) is 4.98 Å². The lowest BCUT2D eigenvalue weighted by molar-refractivity contribution is 0.685. The van der Waals surface area contributed by atoms with Gasteiger partial charge < -0.3 is 9.88 Å². The van der Waals surface area contributed by atoms with Crippen molar-refractivity contribution in [2.75, 3.05) is 25.3 Å². The van der Waals surface area contributed by atoms with E-state index in [2.05, 4.69) is 4.98 Å². The molecule has 0 bridgehead atoms. The lowest BCUT2D eigenvalue weighted by atomic mass is 10.3. The molecule has 1 aromatic rings. The third-order valence-electron chi connectivity index (χ3n) is 1.96. The first-order chi connectivity index (χ1) is 6.43. The highest BCUT2D eigenvalue weighted by Gasteiger charge is 2.09. The molecule has 0 aromatic carbocycles. The van der Waals surface area contributed by atoms with Gasteiger partial charge in [0.15, 0.2) is 0 Å². The Bertz CT molecular complexity index is 423. The average Bonchev–Trinajstić information content (AvgIpc) is 2.02. The summed E-state index contributed by atoms with van der Waals surface area (Å²) in [7, 11) is 2.49. The molecule has 0 saturated carbocycles. The van der Waals surface area contributed by atoms with Crippen molar-refractivity contribution in [3.8, 4) is 0 Å². The maximum absolute atomic E-state index is 11.5. The van der Waals surface area contributed by atoms with Crippen LogP contribution in [0.25, 0.3) is 0 Å². The SMILES string of the molecule is Cc1[nH]c(=O)c(N(C)C)cc1S(C)=O. The molecule has 0 aliphatic rings. The number of aromatic amines is 1. The molecule has 1 aromatic heterocycles. The number of hydrogen-bond donors (Lipinski definition) is 1. The number of pyridine rings is 1. The van der Waals surface area contributed by atoms with Crippen molar-refractivity contribution in [3.63, 3.8) is 0 Å². The molecule has 0 aliphatic heterocycles. The Morgan fingerprint density at radius 1 is 1.43 bits per heavy atom. The van der Waals surface area contributed by atoms with Gasteiger partial charge in [-0.05, 0) is 13.0 Å². The Morgan fingerprint density at radius 2 is 2.00 bits per heavy atom. The predicted molar refractivity (Wildman–Crippen MR) is 58.5 cm³/mol. The van der Waals surface area contributed by atoms with Gasteiger partial charge in [0, 0.05) is 26.0 Å². The Hall–Kier alpha value is -1.10. The van der Waals surface area contributed by atoms with Gasteiger partial charge in [-0.1, -0.05) is 0 Å². The zero-order valence-electron chi connectivity index (χ0n) is 8.75. The van der Waals surface area contributed by atoms with Crippen LogP contribution in [0.2, 0.25) is 0 Å². The highest BCUT2D eigenvalue weighted by Crippen LogP contribution is 2.13. The van der Waals surface area contributed by atoms with Crippen LogP contribution in [-0.4, -0.2) is 29.5 Å². The normalized spacial score (nSPS) is 12.6. The molecule has 0 amide bonds. The van der Waals surface area contributed by atoms with Gasteiger partial charge in [-0.2, -0.15) is 0 Å². The van der Waals surface area contributed by atoms with Crippen LogP contribution < -0.4 is 10.5 Å². The third kappa shape index (κ3) is 2.04. The number of rotatable bonds is 2. The molecule has 0 saturated heterocycles. The van der Waals surface area contributed by atoms with Crippen molar-refractivity contribution >= 4 is 16.5 Å². The van der Waals surface area contributed by atoms with Crippen molar-refractivity contribution in [2.45, 2.75) is 11.8 Å². The fourth-order valence-electron chi connectivity index (χ4n) is 1.22. The maximum atomic E-state index is 11.5. The number of aryl methyl sites for hydroxylation is 1. The van der Waals surface area contributed by atoms with Gasteiger partial charge in [0.05, 0.1) is 15.7 Å². The first-order valence-electron chi connectivity index (χ1n) is 4.18. The first kappa shape index (κ1) is 11.0. The molecule has 4 nitrogen and oxygen atoms in total. The quantitative estimate of drug-likeness (QED) is 0.779. The van der Waals surface area contributed by atoms with Crippen LogP contribution >= 0.6 is 0 Å². The van der Waals surface area contributed by atoms with E-state index in [-0.39, 0.29) is 5.56 Å². The number of nitrogens with one attached hydrogen (secondary N) is 1. The van der Waals surface area contributed by atoms with Crippen LogP contribution in [0.4, 0.5) is 5.69 Å². The van der Waals surface area contributed by atoms with Gasteiger partial charge in [0.1, 0.15) is 5.69 Å². The highest BCUT2D eigenvalue weighted by atomic mass is 32.2. The summed E-state index contributed by atoms with van der Waals surface area (Å²) < 4.78 is 11.3. The summed E-state index contributed by atoms with van der Waals surface area (Å²) >= 11 is 0. The highest BCUT2D eigenvalue weighted by molar-refractivity contribution is 7.84. The molecule has 1 rings (SSSR count). The van der Waals surface area contributed by atoms with E-state index < -0.39 is 10.8 Å². The molecule has 1 N–H and O–H groups in total. The maximum Gasteiger partial charge on any atom is 0.271 e. The number of aromatic nitrogens is 1. The van der Waals surface area contributed by atoms with Gasteiger partial charge in [-0.15, -0.1) is 0 Å². The van der Waals surface area contributed by atoms with Crippen molar-refractivity contribution in [2.24, 2.45) is 0 Å². The van der Waals surface area contributed by atoms with Gasteiger partial charge in [-0.3, -0.25) is 9.00 Å².